The highest BCUT2D eigenvalue weighted by atomic mass is 31.2. The van der Waals surface area contributed by atoms with E-state index in [4.69, 9.17) is 5.73 Å². The topological polar surface area (TPSA) is 141 Å². The Labute approximate surface area is 148 Å². The number of carbonyl (C=O) groups is 2. The van der Waals surface area contributed by atoms with Gasteiger partial charge >= 0.3 is 0 Å². The molecule has 0 aliphatic heterocycles. The number of H-pyrrole nitrogens is 1. The summed E-state index contributed by atoms with van der Waals surface area (Å²) in [6.07, 6.45) is 8.83. The molecule has 1 aromatic rings. The van der Waals surface area contributed by atoms with Gasteiger partial charge in [0, 0.05) is 18.3 Å². The molecule has 1 aliphatic carbocycles. The minimum Gasteiger partial charge on any atom is -0.348 e. The van der Waals surface area contributed by atoms with Crippen LogP contribution in [0.1, 0.15) is 37.8 Å². The van der Waals surface area contributed by atoms with Gasteiger partial charge in [-0.05, 0) is 18.8 Å². The molecule has 1 aromatic heterocycles. The largest absolute Gasteiger partial charge is 0.348 e. The molecule has 0 saturated heterocycles. The van der Waals surface area contributed by atoms with Crippen molar-refractivity contribution in [3.8, 4) is 0 Å². The number of rotatable bonds is 9. The minimum absolute atomic E-state index is 0.233. The molecule has 0 radical (unpaired) electrons. The second-order valence-electron chi connectivity index (χ2n) is 6.87. The molecular formula is C16H28N4O4P+. The first-order chi connectivity index (χ1) is 11.9. The number of hydrogen-bond acceptors (Lipinski definition) is 6. The Morgan fingerprint density at radius 1 is 1.36 bits per heavy atom. The average Bonchev–Trinajstić information content (AvgIpc) is 3.05. The first-order valence-corrected chi connectivity index (χ1v) is 10.8. The normalized spacial score (nSPS) is 17.2. The Balaban J connectivity index is 1.70. The summed E-state index contributed by atoms with van der Waals surface area (Å²) >= 11 is 0. The van der Waals surface area contributed by atoms with E-state index in [0.717, 1.165) is 31.4 Å². The van der Waals surface area contributed by atoms with Gasteiger partial charge in [0.15, 0.2) is 11.9 Å². The van der Waals surface area contributed by atoms with E-state index >= 15 is 0 Å². The van der Waals surface area contributed by atoms with Gasteiger partial charge in [0.05, 0.1) is 18.9 Å². The van der Waals surface area contributed by atoms with Crippen LogP contribution in [0.15, 0.2) is 12.5 Å². The van der Waals surface area contributed by atoms with Gasteiger partial charge in [-0.3, -0.25) is 9.59 Å². The van der Waals surface area contributed by atoms with Gasteiger partial charge in [-0.1, -0.05) is 19.3 Å². The predicted molar refractivity (Wildman–Crippen MR) is 96.0 cm³/mol. The van der Waals surface area contributed by atoms with Crippen LogP contribution in [0, 0.1) is 5.92 Å². The third kappa shape index (κ3) is 7.20. The zero-order valence-corrected chi connectivity index (χ0v) is 15.3. The van der Waals surface area contributed by atoms with Gasteiger partial charge in [-0.25, -0.2) is 14.8 Å². The molecule has 25 heavy (non-hydrogen) atoms. The molecule has 1 amide bonds. The molecule has 1 aliphatic rings. The van der Waals surface area contributed by atoms with E-state index in [2.05, 4.69) is 15.3 Å². The lowest BCUT2D eigenvalue weighted by Crippen LogP contribution is -2.44. The third-order valence-electron chi connectivity index (χ3n) is 4.50. The maximum Gasteiger partial charge on any atom is 0.275 e. The Hall–Kier alpha value is -1.34. The van der Waals surface area contributed by atoms with E-state index in [1.54, 1.807) is 6.20 Å². The monoisotopic (exact) mass is 371 g/mol. The average molecular weight is 371 g/mol. The molecule has 0 unspecified atom stereocenters. The number of nitrogens with zero attached hydrogens (tertiary/aromatic N) is 1. The number of hydrogen-bond donors (Lipinski definition) is 5. The van der Waals surface area contributed by atoms with Crippen LogP contribution in [0.3, 0.4) is 0 Å². The molecule has 2 rings (SSSR count). The summed E-state index contributed by atoms with van der Waals surface area (Å²) in [6.45, 7) is -0.233. The van der Waals surface area contributed by atoms with Crippen LogP contribution in [0.2, 0.25) is 0 Å². The molecule has 8 nitrogen and oxygen atoms in total. The van der Waals surface area contributed by atoms with E-state index in [9.17, 15) is 19.4 Å². The summed E-state index contributed by atoms with van der Waals surface area (Å²) in [7, 11) is -3.24. The summed E-state index contributed by atoms with van der Waals surface area (Å²) in [5.41, 5.74) is 6.52. The minimum atomic E-state index is -3.24. The number of ketones is 1. The van der Waals surface area contributed by atoms with Crippen LogP contribution in [-0.2, 0) is 16.0 Å². The number of nitrogens with one attached hydrogen (secondary N) is 2. The lowest BCUT2D eigenvalue weighted by atomic mass is 9.91. The number of amides is 1. The summed E-state index contributed by atoms with van der Waals surface area (Å²) in [5.74, 6) is -0.534. The lowest BCUT2D eigenvalue weighted by Gasteiger charge is -2.23. The number of Topliss-reactive ketones (excluding diaryl/α,β-unsaturated/α-hetero) is 1. The Morgan fingerprint density at radius 3 is 2.72 bits per heavy atom. The van der Waals surface area contributed by atoms with Crippen molar-refractivity contribution in [3.05, 3.63) is 18.2 Å². The van der Waals surface area contributed by atoms with Crippen molar-refractivity contribution in [2.24, 2.45) is 11.7 Å². The molecule has 1 heterocycles. The van der Waals surface area contributed by atoms with Crippen LogP contribution in [0.5, 0.6) is 0 Å². The molecule has 0 aromatic carbocycles. The van der Waals surface area contributed by atoms with Crippen molar-refractivity contribution < 1.29 is 19.4 Å². The van der Waals surface area contributed by atoms with Crippen molar-refractivity contribution in [1.82, 2.24) is 15.3 Å². The van der Waals surface area contributed by atoms with Gasteiger partial charge < -0.3 is 16.0 Å². The summed E-state index contributed by atoms with van der Waals surface area (Å²) in [5, 5.41) is 2.47. The molecule has 0 spiro atoms. The predicted octanol–water partition coefficient (Wildman–Crippen LogP) is 0.377. The highest BCUT2D eigenvalue weighted by Crippen LogP contribution is 2.52. The highest BCUT2D eigenvalue weighted by molar-refractivity contribution is 7.65. The fraction of sp³-hybridized carbons (Fsp3) is 0.688. The van der Waals surface area contributed by atoms with Gasteiger partial charge in [-0.2, -0.15) is 0 Å². The molecule has 6 N–H and O–H groups in total. The number of imidazole rings is 1. The van der Waals surface area contributed by atoms with Gasteiger partial charge in [0.2, 0.25) is 5.91 Å². The SMILES string of the molecule is N[C@@H](Cc1cnc[nH]1)C(=O)NCC(=O)C[P+](O)(O)CC1CCCCC1. The van der Waals surface area contributed by atoms with E-state index in [-0.39, 0.29) is 18.5 Å². The molecule has 1 atom stereocenters. The van der Waals surface area contributed by atoms with Crippen LogP contribution < -0.4 is 11.1 Å². The fourth-order valence-electron chi connectivity index (χ4n) is 3.23. The van der Waals surface area contributed by atoms with E-state index in [1.165, 1.54) is 12.7 Å². The lowest BCUT2D eigenvalue weighted by molar-refractivity contribution is -0.125. The van der Waals surface area contributed by atoms with Crippen LogP contribution in [0.4, 0.5) is 0 Å². The quantitative estimate of drug-likeness (QED) is 0.397. The Morgan fingerprint density at radius 2 is 2.08 bits per heavy atom. The molecule has 1 saturated carbocycles. The van der Waals surface area contributed by atoms with Gasteiger partial charge in [0.1, 0.15) is 6.16 Å². The van der Waals surface area contributed by atoms with Crippen LogP contribution >= 0.6 is 7.72 Å². The zero-order valence-electron chi connectivity index (χ0n) is 14.4. The maximum absolute atomic E-state index is 12.0. The number of nitrogens with two attached hydrogens (primary N) is 1. The molecule has 9 heteroatoms. The summed E-state index contributed by atoms with van der Waals surface area (Å²) in [4.78, 5) is 51.0. The number of carbonyl (C=O) groups excluding carboxylic acids is 2. The first kappa shape index (κ1) is 20.0. The molecule has 1 fully saturated rings. The highest BCUT2D eigenvalue weighted by Gasteiger charge is 2.39. The fourth-order valence-corrected chi connectivity index (χ4v) is 5.23. The van der Waals surface area contributed by atoms with Crippen LogP contribution in [-0.4, -0.2) is 56.4 Å². The number of aromatic nitrogens is 2. The van der Waals surface area contributed by atoms with Crippen molar-refractivity contribution in [2.45, 2.75) is 44.6 Å². The second-order valence-corrected chi connectivity index (χ2v) is 9.31. The molecular weight excluding hydrogens is 343 g/mol. The molecule has 0 bridgehead atoms. The second kappa shape index (κ2) is 9.38. The van der Waals surface area contributed by atoms with E-state index < -0.39 is 19.7 Å². The third-order valence-corrected chi connectivity index (χ3v) is 6.46. The molecule has 140 valence electrons. The van der Waals surface area contributed by atoms with Crippen molar-refractivity contribution >= 4 is 19.4 Å². The van der Waals surface area contributed by atoms with Crippen molar-refractivity contribution in [3.63, 3.8) is 0 Å². The Kier molecular flexibility index (Phi) is 7.50. The van der Waals surface area contributed by atoms with Gasteiger partial charge in [-0.15, -0.1) is 0 Å². The van der Waals surface area contributed by atoms with E-state index in [0.29, 0.717) is 18.5 Å². The first-order valence-electron chi connectivity index (χ1n) is 8.70. The van der Waals surface area contributed by atoms with Crippen molar-refractivity contribution in [1.29, 1.82) is 0 Å². The van der Waals surface area contributed by atoms with E-state index in [1.807, 2.05) is 0 Å². The Bertz CT molecular complexity index is 558. The summed E-state index contributed by atoms with van der Waals surface area (Å²) < 4.78 is 0. The maximum atomic E-state index is 12.0. The van der Waals surface area contributed by atoms with Gasteiger partial charge in [0.25, 0.3) is 7.72 Å². The summed E-state index contributed by atoms with van der Waals surface area (Å²) in [6, 6.07) is -0.793. The van der Waals surface area contributed by atoms with Crippen molar-refractivity contribution in [2.75, 3.05) is 18.9 Å². The van der Waals surface area contributed by atoms with Crippen LogP contribution in [0.25, 0.3) is 0 Å². The smallest absolute Gasteiger partial charge is 0.275 e. The number of aromatic amines is 1. The standard InChI is InChI=1S/C16H27N4O4P/c17-15(6-13-7-18-11-20-13)16(22)19-8-14(21)10-25(23,24)9-12-4-2-1-3-5-12/h7,11-12,15,23-24H,1-6,8-10,17H2,(H-,18,19,20,22)/p+1/t15-/m0/s1. The zero-order chi connectivity index (χ0) is 18.3.